The van der Waals surface area contributed by atoms with Gasteiger partial charge in [-0.3, -0.25) is 0 Å². The molecule has 19 heavy (non-hydrogen) atoms. The van der Waals surface area contributed by atoms with Gasteiger partial charge in [0.1, 0.15) is 17.8 Å². The smallest absolute Gasteiger partial charge is 0.216 e. The van der Waals surface area contributed by atoms with Crippen LogP contribution in [0.1, 0.15) is 33.2 Å². The summed E-state index contributed by atoms with van der Waals surface area (Å²) in [6.07, 6.45) is 2.29. The average Bonchev–Trinajstić information content (AvgIpc) is 2.63. The molecule has 0 aliphatic carbocycles. The first-order valence-corrected chi connectivity index (χ1v) is 7.00. The summed E-state index contributed by atoms with van der Waals surface area (Å²) in [5, 5.41) is 0. The van der Waals surface area contributed by atoms with E-state index in [0.717, 1.165) is 23.6 Å². The van der Waals surface area contributed by atoms with E-state index in [0.29, 0.717) is 5.88 Å². The first kappa shape index (κ1) is 14.1. The van der Waals surface area contributed by atoms with Crippen LogP contribution in [0.3, 0.4) is 0 Å². The van der Waals surface area contributed by atoms with Crippen molar-refractivity contribution < 1.29 is 9.15 Å². The van der Waals surface area contributed by atoms with Crippen molar-refractivity contribution in [2.75, 3.05) is 7.11 Å². The number of ether oxygens (including phenoxy) is 1. The third kappa shape index (κ3) is 2.97. The van der Waals surface area contributed by atoms with Gasteiger partial charge in [-0.1, -0.05) is 15.9 Å². The number of rotatable bonds is 4. The summed E-state index contributed by atoms with van der Waals surface area (Å²) in [6, 6.07) is 1.85. The van der Waals surface area contributed by atoms with E-state index < -0.39 is 0 Å². The van der Waals surface area contributed by atoms with Gasteiger partial charge in [0.2, 0.25) is 5.88 Å². The minimum absolute atomic E-state index is 0.171. The molecule has 0 aliphatic rings. The highest BCUT2D eigenvalue weighted by Gasteiger charge is 2.19. The lowest BCUT2D eigenvalue weighted by molar-refractivity contribution is 0.396. The normalized spacial score (nSPS) is 12.5. The Balaban J connectivity index is 2.22. The van der Waals surface area contributed by atoms with Gasteiger partial charge in [-0.2, -0.15) is 0 Å². The Morgan fingerprint density at radius 2 is 2.00 bits per heavy atom. The standard InChI is InChI=1S/C14H17BrN2O2/c1-8-9(2)19-10(3)14(8)12(15)5-11-6-13(18-4)17-7-16-11/h6-7,12H,5H2,1-4H3. The number of methoxy groups -OCH3 is 1. The summed E-state index contributed by atoms with van der Waals surface area (Å²) >= 11 is 3.72. The number of alkyl halides is 1. The van der Waals surface area contributed by atoms with Crippen LogP contribution in [0.15, 0.2) is 16.8 Å². The Morgan fingerprint density at radius 3 is 2.58 bits per heavy atom. The van der Waals surface area contributed by atoms with Gasteiger partial charge in [-0.15, -0.1) is 0 Å². The van der Waals surface area contributed by atoms with Gasteiger partial charge in [0.05, 0.1) is 7.11 Å². The topological polar surface area (TPSA) is 48.2 Å². The molecule has 102 valence electrons. The quantitative estimate of drug-likeness (QED) is 0.805. The van der Waals surface area contributed by atoms with Crippen molar-refractivity contribution in [2.24, 2.45) is 0 Å². The largest absolute Gasteiger partial charge is 0.481 e. The predicted molar refractivity (Wildman–Crippen MR) is 76.9 cm³/mol. The lowest BCUT2D eigenvalue weighted by Gasteiger charge is -2.10. The zero-order chi connectivity index (χ0) is 14.0. The number of hydrogen-bond donors (Lipinski definition) is 0. The van der Waals surface area contributed by atoms with Crippen molar-refractivity contribution in [3.63, 3.8) is 0 Å². The lowest BCUT2D eigenvalue weighted by atomic mass is 10.0. The maximum atomic E-state index is 5.66. The van der Waals surface area contributed by atoms with Gasteiger partial charge in [0.15, 0.2) is 0 Å². The molecule has 1 atom stereocenters. The third-order valence-electron chi connectivity index (χ3n) is 3.23. The van der Waals surface area contributed by atoms with Crippen molar-refractivity contribution in [3.8, 4) is 5.88 Å². The SMILES string of the molecule is COc1cc(CC(Br)c2c(C)oc(C)c2C)ncn1. The summed E-state index contributed by atoms with van der Waals surface area (Å²) in [7, 11) is 1.60. The van der Waals surface area contributed by atoms with Crippen molar-refractivity contribution in [3.05, 3.63) is 40.7 Å². The van der Waals surface area contributed by atoms with Crippen LogP contribution in [0.4, 0.5) is 0 Å². The molecule has 0 aromatic carbocycles. The summed E-state index contributed by atoms with van der Waals surface area (Å²) in [4.78, 5) is 8.45. The molecule has 4 nitrogen and oxygen atoms in total. The first-order valence-electron chi connectivity index (χ1n) is 6.08. The molecule has 2 aromatic heterocycles. The molecule has 0 aliphatic heterocycles. The number of aryl methyl sites for hydroxylation is 2. The van der Waals surface area contributed by atoms with Crippen molar-refractivity contribution in [1.82, 2.24) is 9.97 Å². The van der Waals surface area contributed by atoms with Crippen LogP contribution < -0.4 is 4.74 Å². The molecule has 1 unspecified atom stereocenters. The van der Waals surface area contributed by atoms with Crippen molar-refractivity contribution >= 4 is 15.9 Å². The summed E-state index contributed by atoms with van der Waals surface area (Å²) in [6.45, 7) is 6.05. The molecule has 0 spiro atoms. The molecule has 0 fully saturated rings. The van der Waals surface area contributed by atoms with E-state index in [1.165, 1.54) is 17.5 Å². The number of furan rings is 1. The fraction of sp³-hybridized carbons (Fsp3) is 0.429. The van der Waals surface area contributed by atoms with Gasteiger partial charge < -0.3 is 9.15 Å². The van der Waals surface area contributed by atoms with Gasteiger partial charge in [-0.05, 0) is 26.3 Å². The monoisotopic (exact) mass is 324 g/mol. The van der Waals surface area contributed by atoms with E-state index in [-0.39, 0.29) is 4.83 Å². The minimum atomic E-state index is 0.171. The van der Waals surface area contributed by atoms with Crippen LogP contribution in [0.25, 0.3) is 0 Å². The van der Waals surface area contributed by atoms with Crippen LogP contribution in [0.5, 0.6) is 5.88 Å². The fourth-order valence-electron chi connectivity index (χ4n) is 2.16. The minimum Gasteiger partial charge on any atom is -0.481 e. The highest BCUT2D eigenvalue weighted by Crippen LogP contribution is 2.34. The van der Waals surface area contributed by atoms with E-state index in [1.54, 1.807) is 7.11 Å². The zero-order valence-electron chi connectivity index (χ0n) is 11.5. The van der Waals surface area contributed by atoms with E-state index in [9.17, 15) is 0 Å². The molecule has 0 saturated heterocycles. The maximum Gasteiger partial charge on any atom is 0.216 e. The summed E-state index contributed by atoms with van der Waals surface area (Å²) in [5.74, 6) is 2.51. The Morgan fingerprint density at radius 1 is 1.26 bits per heavy atom. The molecule has 0 N–H and O–H groups in total. The number of aromatic nitrogens is 2. The number of nitrogens with zero attached hydrogens (tertiary/aromatic N) is 2. The lowest BCUT2D eigenvalue weighted by Crippen LogP contribution is -2.01. The molecule has 0 saturated carbocycles. The molecule has 2 heterocycles. The maximum absolute atomic E-state index is 5.66. The van der Waals surface area contributed by atoms with Crippen molar-refractivity contribution in [2.45, 2.75) is 32.0 Å². The van der Waals surface area contributed by atoms with Crippen LogP contribution in [0, 0.1) is 20.8 Å². The highest BCUT2D eigenvalue weighted by molar-refractivity contribution is 9.09. The zero-order valence-corrected chi connectivity index (χ0v) is 13.1. The van der Waals surface area contributed by atoms with Crippen LogP contribution >= 0.6 is 15.9 Å². The van der Waals surface area contributed by atoms with E-state index in [2.05, 4.69) is 32.8 Å². The molecular weight excluding hydrogens is 308 g/mol. The Hall–Kier alpha value is -1.36. The second-order valence-electron chi connectivity index (χ2n) is 4.48. The molecule has 0 radical (unpaired) electrons. The van der Waals surface area contributed by atoms with Crippen LogP contribution in [0.2, 0.25) is 0 Å². The second kappa shape index (κ2) is 5.74. The van der Waals surface area contributed by atoms with Gasteiger partial charge in [-0.25, -0.2) is 9.97 Å². The summed E-state index contributed by atoms with van der Waals surface area (Å²) < 4.78 is 10.8. The van der Waals surface area contributed by atoms with Crippen molar-refractivity contribution in [1.29, 1.82) is 0 Å². The van der Waals surface area contributed by atoms with E-state index >= 15 is 0 Å². The summed E-state index contributed by atoms with van der Waals surface area (Å²) in [5.41, 5.74) is 3.34. The van der Waals surface area contributed by atoms with Gasteiger partial charge in [0, 0.05) is 28.6 Å². The Bertz CT molecular complexity index is 581. The number of hydrogen-bond acceptors (Lipinski definition) is 4. The van der Waals surface area contributed by atoms with E-state index in [4.69, 9.17) is 9.15 Å². The number of halogens is 1. The molecule has 0 amide bonds. The first-order chi connectivity index (χ1) is 9.02. The van der Waals surface area contributed by atoms with Gasteiger partial charge in [0.25, 0.3) is 0 Å². The van der Waals surface area contributed by atoms with Gasteiger partial charge >= 0.3 is 0 Å². The molecule has 5 heteroatoms. The molecule has 0 bridgehead atoms. The molecule has 2 aromatic rings. The van der Waals surface area contributed by atoms with E-state index in [1.807, 2.05) is 19.9 Å². The molecular formula is C14H17BrN2O2. The fourth-order valence-corrected chi connectivity index (χ4v) is 3.15. The average molecular weight is 325 g/mol. The van der Waals surface area contributed by atoms with Crippen LogP contribution in [-0.4, -0.2) is 17.1 Å². The Kier molecular flexibility index (Phi) is 4.24. The second-order valence-corrected chi connectivity index (χ2v) is 5.58. The highest BCUT2D eigenvalue weighted by atomic mass is 79.9. The Labute approximate surface area is 121 Å². The third-order valence-corrected chi connectivity index (χ3v) is 4.01. The predicted octanol–water partition coefficient (Wildman–Crippen LogP) is 3.68. The van der Waals surface area contributed by atoms with Crippen LogP contribution in [-0.2, 0) is 6.42 Å². The molecule has 2 rings (SSSR count).